The Morgan fingerprint density at radius 2 is 2.17 bits per heavy atom. The van der Waals surface area contributed by atoms with Crippen LogP contribution in [0.5, 0.6) is 0 Å². The summed E-state index contributed by atoms with van der Waals surface area (Å²) in [5.74, 6) is -0.0429. The first-order chi connectivity index (χ1) is 8.61. The van der Waals surface area contributed by atoms with Crippen molar-refractivity contribution >= 4 is 27.3 Å². The molecule has 3 N–H and O–H groups in total. The number of benzene rings is 1. The molecule has 96 valence electrons. The summed E-state index contributed by atoms with van der Waals surface area (Å²) in [6.07, 6.45) is -0.565. The lowest BCUT2D eigenvalue weighted by molar-refractivity contribution is 0.148. The zero-order valence-electron chi connectivity index (χ0n) is 10.1. The van der Waals surface area contributed by atoms with Crippen molar-refractivity contribution in [2.45, 2.75) is 18.9 Å². The van der Waals surface area contributed by atoms with Crippen LogP contribution in [0.1, 0.15) is 28.0 Å². The third kappa shape index (κ3) is 3.01. The molecular formula is C14H16BrNOS. The van der Waals surface area contributed by atoms with Crippen molar-refractivity contribution in [1.82, 2.24) is 0 Å². The number of aliphatic hydroxyl groups excluding tert-OH is 1. The SMILES string of the molecule is Cc1cc(Br)cc(C(O)C(CN)c2cccs2)c1. The van der Waals surface area contributed by atoms with Gasteiger partial charge in [0.15, 0.2) is 0 Å². The average molecular weight is 326 g/mol. The second-order valence-corrected chi connectivity index (χ2v) is 6.26. The first-order valence-corrected chi connectivity index (χ1v) is 7.47. The topological polar surface area (TPSA) is 46.2 Å². The highest BCUT2D eigenvalue weighted by Crippen LogP contribution is 2.34. The van der Waals surface area contributed by atoms with E-state index < -0.39 is 6.10 Å². The summed E-state index contributed by atoms with van der Waals surface area (Å²) in [5.41, 5.74) is 7.85. The zero-order valence-corrected chi connectivity index (χ0v) is 12.5. The van der Waals surface area contributed by atoms with Gasteiger partial charge in [-0.25, -0.2) is 0 Å². The summed E-state index contributed by atoms with van der Waals surface area (Å²) in [4.78, 5) is 1.13. The maximum Gasteiger partial charge on any atom is 0.0879 e. The van der Waals surface area contributed by atoms with Crippen molar-refractivity contribution in [3.05, 3.63) is 56.2 Å². The molecule has 1 heterocycles. The van der Waals surface area contributed by atoms with E-state index in [0.29, 0.717) is 6.54 Å². The third-order valence-corrected chi connectivity index (χ3v) is 4.41. The smallest absolute Gasteiger partial charge is 0.0879 e. The lowest BCUT2D eigenvalue weighted by Crippen LogP contribution is -2.19. The maximum atomic E-state index is 10.5. The van der Waals surface area contributed by atoms with Gasteiger partial charge in [0, 0.05) is 21.8 Å². The number of aliphatic hydroxyl groups is 1. The van der Waals surface area contributed by atoms with Crippen LogP contribution >= 0.6 is 27.3 Å². The van der Waals surface area contributed by atoms with Gasteiger partial charge in [-0.1, -0.05) is 28.1 Å². The number of hydrogen-bond acceptors (Lipinski definition) is 3. The molecule has 0 aliphatic heterocycles. The van der Waals surface area contributed by atoms with Gasteiger partial charge in [0.1, 0.15) is 0 Å². The molecular weight excluding hydrogens is 310 g/mol. The molecule has 0 saturated carbocycles. The summed E-state index contributed by atoms with van der Waals surface area (Å²) in [7, 11) is 0. The van der Waals surface area contributed by atoms with Crippen molar-refractivity contribution in [3.8, 4) is 0 Å². The number of thiophene rings is 1. The monoisotopic (exact) mass is 325 g/mol. The van der Waals surface area contributed by atoms with E-state index in [-0.39, 0.29) is 5.92 Å². The summed E-state index contributed by atoms with van der Waals surface area (Å²) in [6, 6.07) is 10.00. The molecule has 0 aliphatic carbocycles. The lowest BCUT2D eigenvalue weighted by Gasteiger charge is -2.21. The fraction of sp³-hybridized carbons (Fsp3) is 0.286. The Bertz CT molecular complexity index is 492. The Labute approximate surface area is 120 Å². The molecule has 0 amide bonds. The number of rotatable bonds is 4. The van der Waals surface area contributed by atoms with E-state index in [0.717, 1.165) is 20.5 Å². The van der Waals surface area contributed by atoms with Gasteiger partial charge in [-0.05, 0) is 41.6 Å². The zero-order chi connectivity index (χ0) is 13.1. The molecule has 0 spiro atoms. The molecule has 4 heteroatoms. The van der Waals surface area contributed by atoms with E-state index in [1.807, 2.05) is 42.6 Å². The fourth-order valence-electron chi connectivity index (χ4n) is 2.07. The molecule has 0 saturated heterocycles. The molecule has 0 fully saturated rings. The minimum Gasteiger partial charge on any atom is -0.388 e. The van der Waals surface area contributed by atoms with Gasteiger partial charge in [-0.2, -0.15) is 0 Å². The minimum atomic E-state index is -0.565. The lowest BCUT2D eigenvalue weighted by atomic mass is 9.93. The highest BCUT2D eigenvalue weighted by molar-refractivity contribution is 9.10. The molecule has 0 radical (unpaired) electrons. The van der Waals surface area contributed by atoms with Gasteiger partial charge in [-0.3, -0.25) is 0 Å². The summed E-state index contributed by atoms with van der Waals surface area (Å²) in [5, 5.41) is 12.5. The van der Waals surface area contributed by atoms with Crippen molar-refractivity contribution in [3.63, 3.8) is 0 Å². The third-order valence-electron chi connectivity index (χ3n) is 2.95. The Morgan fingerprint density at radius 1 is 1.39 bits per heavy atom. The largest absolute Gasteiger partial charge is 0.388 e. The predicted molar refractivity (Wildman–Crippen MR) is 80.0 cm³/mol. The first-order valence-electron chi connectivity index (χ1n) is 5.80. The molecule has 0 bridgehead atoms. The van der Waals surface area contributed by atoms with E-state index in [1.165, 1.54) is 0 Å². The molecule has 2 nitrogen and oxygen atoms in total. The van der Waals surface area contributed by atoms with Gasteiger partial charge < -0.3 is 10.8 Å². The van der Waals surface area contributed by atoms with E-state index in [4.69, 9.17) is 5.73 Å². The Hall–Kier alpha value is -0.680. The quantitative estimate of drug-likeness (QED) is 0.902. The van der Waals surface area contributed by atoms with Gasteiger partial charge in [-0.15, -0.1) is 11.3 Å². The number of nitrogens with two attached hydrogens (primary N) is 1. The minimum absolute atomic E-state index is 0.0429. The molecule has 0 aliphatic rings. The second-order valence-electron chi connectivity index (χ2n) is 4.36. The summed E-state index contributed by atoms with van der Waals surface area (Å²) < 4.78 is 0.985. The van der Waals surface area contributed by atoms with Crippen LogP contribution in [0.25, 0.3) is 0 Å². The molecule has 2 atom stereocenters. The van der Waals surface area contributed by atoms with Crippen LogP contribution in [-0.2, 0) is 0 Å². The van der Waals surface area contributed by atoms with Crippen LogP contribution < -0.4 is 5.73 Å². The van der Waals surface area contributed by atoms with Crippen LogP contribution in [0.4, 0.5) is 0 Å². The molecule has 18 heavy (non-hydrogen) atoms. The van der Waals surface area contributed by atoms with Crippen molar-refractivity contribution in [2.75, 3.05) is 6.54 Å². The number of halogens is 1. The van der Waals surface area contributed by atoms with Gasteiger partial charge in [0.2, 0.25) is 0 Å². The normalized spacial score (nSPS) is 14.4. The number of hydrogen-bond donors (Lipinski definition) is 2. The van der Waals surface area contributed by atoms with E-state index in [2.05, 4.69) is 15.9 Å². The highest BCUT2D eigenvalue weighted by atomic mass is 79.9. The van der Waals surface area contributed by atoms with Crippen LogP contribution in [0.2, 0.25) is 0 Å². The van der Waals surface area contributed by atoms with Crippen molar-refractivity contribution < 1.29 is 5.11 Å². The standard InChI is InChI=1S/C14H16BrNOS/c1-9-5-10(7-11(15)6-9)14(17)12(8-16)13-3-2-4-18-13/h2-7,12,14,17H,8,16H2,1H3. The van der Waals surface area contributed by atoms with Crippen LogP contribution in [0.3, 0.4) is 0 Å². The van der Waals surface area contributed by atoms with E-state index >= 15 is 0 Å². The van der Waals surface area contributed by atoms with E-state index in [1.54, 1.807) is 11.3 Å². The van der Waals surface area contributed by atoms with Crippen LogP contribution in [0.15, 0.2) is 40.2 Å². The fourth-order valence-corrected chi connectivity index (χ4v) is 3.57. The van der Waals surface area contributed by atoms with Gasteiger partial charge >= 0.3 is 0 Å². The molecule has 2 unspecified atom stereocenters. The maximum absolute atomic E-state index is 10.5. The molecule has 1 aromatic heterocycles. The van der Waals surface area contributed by atoms with Crippen LogP contribution in [0, 0.1) is 6.92 Å². The van der Waals surface area contributed by atoms with Gasteiger partial charge in [0.05, 0.1) is 6.10 Å². The summed E-state index contributed by atoms with van der Waals surface area (Å²) in [6.45, 7) is 2.46. The molecule has 2 rings (SSSR count). The van der Waals surface area contributed by atoms with Crippen molar-refractivity contribution in [1.29, 1.82) is 0 Å². The predicted octanol–water partition coefficient (Wildman–Crippen LogP) is 3.59. The Balaban J connectivity index is 2.31. The first kappa shape index (κ1) is 13.7. The summed E-state index contributed by atoms with van der Waals surface area (Å²) >= 11 is 5.10. The van der Waals surface area contributed by atoms with Crippen molar-refractivity contribution in [2.24, 2.45) is 5.73 Å². The Morgan fingerprint density at radius 3 is 2.72 bits per heavy atom. The molecule has 2 aromatic rings. The highest BCUT2D eigenvalue weighted by Gasteiger charge is 2.22. The molecule has 1 aromatic carbocycles. The Kier molecular flexibility index (Phi) is 4.56. The van der Waals surface area contributed by atoms with Gasteiger partial charge in [0.25, 0.3) is 0 Å². The van der Waals surface area contributed by atoms with E-state index in [9.17, 15) is 5.11 Å². The average Bonchev–Trinajstić information content (AvgIpc) is 2.82. The van der Waals surface area contributed by atoms with Crippen LogP contribution in [-0.4, -0.2) is 11.7 Å². The second kappa shape index (κ2) is 5.97. The number of aryl methyl sites for hydroxylation is 1.